The fourth-order valence-corrected chi connectivity index (χ4v) is 2.69. The molecule has 128 valence electrons. The molecule has 1 heterocycles. The number of benzene rings is 1. The van der Waals surface area contributed by atoms with E-state index in [9.17, 15) is 8.78 Å². The minimum atomic E-state index is -0.803. The Balaban J connectivity index is 1.86. The summed E-state index contributed by atoms with van der Waals surface area (Å²) >= 11 is 0. The zero-order valence-electron chi connectivity index (χ0n) is 14.3. The van der Waals surface area contributed by atoms with E-state index in [0.29, 0.717) is 5.92 Å². The van der Waals surface area contributed by atoms with Crippen LogP contribution in [-0.4, -0.2) is 38.2 Å². The van der Waals surface area contributed by atoms with Gasteiger partial charge in [0.25, 0.3) is 0 Å². The topological polar surface area (TPSA) is 39.7 Å². The number of halogens is 2. The van der Waals surface area contributed by atoms with Gasteiger partial charge in [-0.05, 0) is 45.2 Å². The van der Waals surface area contributed by atoms with Gasteiger partial charge in [-0.3, -0.25) is 4.99 Å². The summed E-state index contributed by atoms with van der Waals surface area (Å²) < 4.78 is 26.4. The van der Waals surface area contributed by atoms with Crippen molar-refractivity contribution in [3.8, 4) is 0 Å². The van der Waals surface area contributed by atoms with Gasteiger partial charge in [0, 0.05) is 44.0 Å². The van der Waals surface area contributed by atoms with Crippen LogP contribution in [0, 0.1) is 17.6 Å². The van der Waals surface area contributed by atoms with E-state index in [-0.39, 0.29) is 5.54 Å². The number of hydrogen-bond acceptors (Lipinski definition) is 2. The monoisotopic (exact) mass is 324 g/mol. The van der Waals surface area contributed by atoms with E-state index >= 15 is 0 Å². The van der Waals surface area contributed by atoms with Crippen LogP contribution in [0.3, 0.4) is 0 Å². The smallest absolute Gasteiger partial charge is 0.191 e. The second-order valence-corrected chi connectivity index (χ2v) is 7.03. The van der Waals surface area contributed by atoms with Crippen molar-refractivity contribution in [3.05, 3.63) is 29.8 Å². The number of nitrogens with one attached hydrogen (secondary N) is 2. The summed E-state index contributed by atoms with van der Waals surface area (Å²) in [6.07, 6.45) is 1.01. The SMILES string of the molecule is CN=C(NCC1CCN(c2ccc(F)c(F)c2)C1)NC(C)(C)C. The molecule has 2 N–H and O–H groups in total. The molecule has 4 nitrogen and oxygen atoms in total. The van der Waals surface area contributed by atoms with Crippen molar-refractivity contribution in [1.29, 1.82) is 0 Å². The van der Waals surface area contributed by atoms with Gasteiger partial charge in [0.1, 0.15) is 0 Å². The van der Waals surface area contributed by atoms with E-state index in [1.54, 1.807) is 13.1 Å². The van der Waals surface area contributed by atoms with Crippen molar-refractivity contribution in [2.75, 3.05) is 31.6 Å². The molecule has 23 heavy (non-hydrogen) atoms. The van der Waals surface area contributed by atoms with Gasteiger partial charge in [0.15, 0.2) is 17.6 Å². The first-order valence-electron chi connectivity index (χ1n) is 7.97. The lowest BCUT2D eigenvalue weighted by Crippen LogP contribution is -2.48. The van der Waals surface area contributed by atoms with Crippen molar-refractivity contribution in [2.45, 2.75) is 32.7 Å². The van der Waals surface area contributed by atoms with Gasteiger partial charge in [-0.25, -0.2) is 8.78 Å². The third kappa shape index (κ3) is 5.08. The maximum Gasteiger partial charge on any atom is 0.191 e. The first-order valence-corrected chi connectivity index (χ1v) is 7.97. The molecule has 2 rings (SSSR count). The fourth-order valence-electron chi connectivity index (χ4n) is 2.69. The molecule has 0 spiro atoms. The van der Waals surface area contributed by atoms with E-state index in [2.05, 4.69) is 41.3 Å². The lowest BCUT2D eigenvalue weighted by molar-refractivity contribution is 0.491. The molecule has 1 aliphatic rings. The van der Waals surface area contributed by atoms with E-state index in [0.717, 1.165) is 37.7 Å². The summed E-state index contributed by atoms with van der Waals surface area (Å²) in [7, 11) is 1.75. The lowest BCUT2D eigenvalue weighted by Gasteiger charge is -2.25. The molecule has 1 aromatic carbocycles. The molecule has 0 saturated carbocycles. The summed E-state index contributed by atoms with van der Waals surface area (Å²) in [5, 5.41) is 6.66. The van der Waals surface area contributed by atoms with Crippen LogP contribution in [0.4, 0.5) is 14.5 Å². The van der Waals surface area contributed by atoms with E-state index in [1.807, 2.05) is 0 Å². The van der Waals surface area contributed by atoms with E-state index in [4.69, 9.17) is 0 Å². The van der Waals surface area contributed by atoms with Crippen molar-refractivity contribution in [1.82, 2.24) is 10.6 Å². The van der Waals surface area contributed by atoms with Crippen LogP contribution in [0.15, 0.2) is 23.2 Å². The van der Waals surface area contributed by atoms with Crippen LogP contribution >= 0.6 is 0 Å². The summed E-state index contributed by atoms with van der Waals surface area (Å²) in [6.45, 7) is 8.73. The molecule has 6 heteroatoms. The molecule has 1 atom stereocenters. The van der Waals surface area contributed by atoms with E-state index in [1.165, 1.54) is 12.1 Å². The quantitative estimate of drug-likeness (QED) is 0.663. The Morgan fingerprint density at radius 1 is 1.30 bits per heavy atom. The standard InChI is InChI=1S/C17H26F2N4/c1-17(2,3)22-16(20-4)21-10-12-7-8-23(11-12)13-5-6-14(18)15(19)9-13/h5-6,9,12H,7-8,10-11H2,1-4H3,(H2,20,21,22). The Morgan fingerprint density at radius 3 is 2.65 bits per heavy atom. The molecule has 1 unspecified atom stereocenters. The van der Waals surface area contributed by atoms with Gasteiger partial charge >= 0.3 is 0 Å². The van der Waals surface area contributed by atoms with Gasteiger partial charge in [-0.15, -0.1) is 0 Å². The maximum atomic E-state index is 13.3. The molecule has 1 fully saturated rings. The van der Waals surface area contributed by atoms with Gasteiger partial charge < -0.3 is 15.5 Å². The highest BCUT2D eigenvalue weighted by molar-refractivity contribution is 5.80. The first-order chi connectivity index (χ1) is 10.8. The van der Waals surface area contributed by atoms with Crippen molar-refractivity contribution < 1.29 is 8.78 Å². The number of anilines is 1. The van der Waals surface area contributed by atoms with Gasteiger partial charge in [-0.2, -0.15) is 0 Å². The fraction of sp³-hybridized carbons (Fsp3) is 0.588. The average Bonchev–Trinajstić information content (AvgIpc) is 2.94. The molecule has 0 amide bonds. The van der Waals surface area contributed by atoms with Crippen molar-refractivity contribution >= 4 is 11.6 Å². The maximum absolute atomic E-state index is 13.3. The molecule has 0 bridgehead atoms. The largest absolute Gasteiger partial charge is 0.371 e. The Morgan fingerprint density at radius 2 is 2.04 bits per heavy atom. The predicted octanol–water partition coefficient (Wildman–Crippen LogP) is 2.75. The summed E-state index contributed by atoms with van der Waals surface area (Å²) in [6, 6.07) is 4.09. The average molecular weight is 324 g/mol. The van der Waals surface area contributed by atoms with Crippen molar-refractivity contribution in [3.63, 3.8) is 0 Å². The predicted molar refractivity (Wildman–Crippen MR) is 90.9 cm³/mol. The van der Waals surface area contributed by atoms with Crippen LogP contribution in [0.25, 0.3) is 0 Å². The second-order valence-electron chi connectivity index (χ2n) is 7.03. The molecular formula is C17H26F2N4. The Kier molecular flexibility index (Phi) is 5.44. The van der Waals surface area contributed by atoms with E-state index < -0.39 is 11.6 Å². The minimum Gasteiger partial charge on any atom is -0.371 e. The first kappa shape index (κ1) is 17.5. The molecule has 1 aliphatic heterocycles. The molecule has 1 aromatic rings. The van der Waals surface area contributed by atoms with Crippen LogP contribution in [0.1, 0.15) is 27.2 Å². The Labute approximate surface area is 137 Å². The Hall–Kier alpha value is -1.85. The molecule has 0 radical (unpaired) electrons. The summed E-state index contributed by atoms with van der Waals surface area (Å²) in [5.74, 6) is -0.368. The zero-order chi connectivity index (χ0) is 17.0. The third-order valence-corrected chi connectivity index (χ3v) is 3.83. The number of guanidine groups is 1. The summed E-state index contributed by atoms with van der Waals surface area (Å²) in [5.41, 5.74) is 0.693. The number of nitrogens with zero attached hydrogens (tertiary/aromatic N) is 2. The Bertz CT molecular complexity index is 566. The van der Waals surface area contributed by atoms with Gasteiger partial charge in [0.05, 0.1) is 0 Å². The van der Waals surface area contributed by atoms with Crippen molar-refractivity contribution in [2.24, 2.45) is 10.9 Å². The van der Waals surface area contributed by atoms with Crippen LogP contribution in [-0.2, 0) is 0 Å². The molecule has 0 aliphatic carbocycles. The highest BCUT2D eigenvalue weighted by Gasteiger charge is 2.24. The lowest BCUT2D eigenvalue weighted by atomic mass is 10.1. The second kappa shape index (κ2) is 7.15. The highest BCUT2D eigenvalue weighted by Crippen LogP contribution is 2.24. The number of hydrogen-bond donors (Lipinski definition) is 2. The molecular weight excluding hydrogens is 298 g/mol. The molecule has 1 saturated heterocycles. The zero-order valence-corrected chi connectivity index (χ0v) is 14.3. The third-order valence-electron chi connectivity index (χ3n) is 3.83. The van der Waals surface area contributed by atoms with Crippen LogP contribution in [0.5, 0.6) is 0 Å². The van der Waals surface area contributed by atoms with Gasteiger partial charge in [0.2, 0.25) is 0 Å². The van der Waals surface area contributed by atoms with Crippen LogP contribution in [0.2, 0.25) is 0 Å². The highest BCUT2D eigenvalue weighted by atomic mass is 19.2. The number of rotatable bonds is 3. The summed E-state index contributed by atoms with van der Waals surface area (Å²) in [4.78, 5) is 6.31. The van der Waals surface area contributed by atoms with Crippen LogP contribution < -0.4 is 15.5 Å². The van der Waals surface area contributed by atoms with Gasteiger partial charge in [-0.1, -0.05) is 0 Å². The normalized spacial score (nSPS) is 19.1. The minimum absolute atomic E-state index is 0.0464. The molecule has 0 aromatic heterocycles. The number of aliphatic imine (C=N–C) groups is 1.